The van der Waals surface area contributed by atoms with E-state index in [9.17, 15) is 9.59 Å². The SMILES string of the molecule is CC1CN(c2cnc3cc(C(=O)N(C)C)cc(C4C=CCN4C(=O)OC(C)(C)C)c3n2)CCO1. The first-order valence-corrected chi connectivity index (χ1v) is 11.6. The smallest absolute Gasteiger partial charge is 0.411 e. The summed E-state index contributed by atoms with van der Waals surface area (Å²) < 4.78 is 11.3. The lowest BCUT2D eigenvalue weighted by molar-refractivity contribution is 0.0241. The zero-order valence-corrected chi connectivity index (χ0v) is 20.7. The standard InChI is InChI=1S/C25H33N5O4/c1-16-15-29(10-11-33-16)21-14-26-19-13-17(23(31)28(5)6)12-18(22(19)27-21)20-8-7-9-30(20)24(32)34-25(2,3)4/h7-8,12-14,16,20H,9-11,15H2,1-6H3. The van der Waals surface area contributed by atoms with Gasteiger partial charge in [-0.3, -0.25) is 14.7 Å². The molecule has 2 aliphatic rings. The zero-order valence-electron chi connectivity index (χ0n) is 20.7. The van der Waals surface area contributed by atoms with Gasteiger partial charge in [0.1, 0.15) is 11.4 Å². The number of carbonyl (C=O) groups is 2. The fourth-order valence-electron chi connectivity index (χ4n) is 4.22. The van der Waals surface area contributed by atoms with E-state index >= 15 is 0 Å². The lowest BCUT2D eigenvalue weighted by atomic mass is 10.0. The van der Waals surface area contributed by atoms with Crippen LogP contribution in [0.1, 0.15) is 49.7 Å². The molecule has 34 heavy (non-hydrogen) atoms. The van der Waals surface area contributed by atoms with Gasteiger partial charge in [-0.2, -0.15) is 0 Å². The number of nitrogens with zero attached hydrogens (tertiary/aromatic N) is 5. The Balaban J connectivity index is 1.81. The number of hydrogen-bond acceptors (Lipinski definition) is 7. The van der Waals surface area contributed by atoms with Crippen molar-refractivity contribution in [1.29, 1.82) is 0 Å². The van der Waals surface area contributed by atoms with Gasteiger partial charge in [-0.1, -0.05) is 12.2 Å². The number of anilines is 1. The Morgan fingerprint density at radius 2 is 2.00 bits per heavy atom. The van der Waals surface area contributed by atoms with Crippen LogP contribution in [0.15, 0.2) is 30.5 Å². The van der Waals surface area contributed by atoms with Crippen molar-refractivity contribution in [2.24, 2.45) is 0 Å². The second-order valence-electron chi connectivity index (χ2n) is 9.99. The Morgan fingerprint density at radius 1 is 1.24 bits per heavy atom. The maximum absolute atomic E-state index is 13.0. The Kier molecular flexibility index (Phi) is 6.49. The van der Waals surface area contributed by atoms with E-state index in [4.69, 9.17) is 14.5 Å². The van der Waals surface area contributed by atoms with Crippen LogP contribution in [0.5, 0.6) is 0 Å². The third kappa shape index (κ3) is 4.99. The highest BCUT2D eigenvalue weighted by molar-refractivity contribution is 5.98. The van der Waals surface area contributed by atoms with Crippen LogP contribution in [-0.4, -0.2) is 83.8 Å². The number of fused-ring (bicyclic) bond motifs is 1. The summed E-state index contributed by atoms with van der Waals surface area (Å²) in [6.45, 7) is 10.1. The molecule has 1 aromatic heterocycles. The van der Waals surface area contributed by atoms with Gasteiger partial charge in [0.15, 0.2) is 0 Å². The fourth-order valence-corrected chi connectivity index (χ4v) is 4.22. The molecule has 2 aromatic rings. The number of benzene rings is 1. The van der Waals surface area contributed by atoms with Gasteiger partial charge in [-0.25, -0.2) is 9.78 Å². The number of amides is 2. The van der Waals surface area contributed by atoms with Gasteiger partial charge in [0, 0.05) is 44.9 Å². The molecule has 3 heterocycles. The van der Waals surface area contributed by atoms with Crippen LogP contribution < -0.4 is 4.90 Å². The first kappa shape index (κ1) is 23.9. The van der Waals surface area contributed by atoms with Crippen LogP contribution in [0.3, 0.4) is 0 Å². The average Bonchev–Trinajstić information content (AvgIpc) is 3.26. The topological polar surface area (TPSA) is 88.1 Å². The number of hydrogen-bond donors (Lipinski definition) is 0. The molecule has 2 atom stereocenters. The maximum atomic E-state index is 13.0. The van der Waals surface area contributed by atoms with Gasteiger partial charge in [0.2, 0.25) is 0 Å². The first-order valence-electron chi connectivity index (χ1n) is 11.6. The van der Waals surface area contributed by atoms with Crippen molar-refractivity contribution < 1.29 is 19.1 Å². The highest BCUT2D eigenvalue weighted by Gasteiger charge is 2.32. The number of rotatable bonds is 3. The molecule has 9 heteroatoms. The fraction of sp³-hybridized carbons (Fsp3) is 0.520. The number of ether oxygens (including phenoxy) is 2. The molecular formula is C25H33N5O4. The van der Waals surface area contributed by atoms with Gasteiger partial charge in [0.05, 0.1) is 36.0 Å². The number of carbonyl (C=O) groups excluding carboxylic acids is 2. The summed E-state index contributed by atoms with van der Waals surface area (Å²) in [6.07, 6.45) is 5.32. The van der Waals surface area contributed by atoms with Gasteiger partial charge < -0.3 is 19.3 Å². The predicted octanol–water partition coefficient (Wildman–Crippen LogP) is 3.40. The van der Waals surface area contributed by atoms with E-state index in [1.54, 1.807) is 31.3 Å². The predicted molar refractivity (Wildman–Crippen MR) is 130 cm³/mol. The van der Waals surface area contributed by atoms with Crippen molar-refractivity contribution >= 4 is 28.9 Å². The van der Waals surface area contributed by atoms with Crippen molar-refractivity contribution in [2.45, 2.75) is 45.4 Å². The zero-order chi connectivity index (χ0) is 24.6. The van der Waals surface area contributed by atoms with Crippen molar-refractivity contribution in [2.75, 3.05) is 45.2 Å². The van der Waals surface area contributed by atoms with Gasteiger partial charge in [-0.05, 0) is 39.8 Å². The van der Waals surface area contributed by atoms with Crippen LogP contribution in [0.25, 0.3) is 11.0 Å². The molecule has 1 aromatic carbocycles. The molecule has 0 radical (unpaired) electrons. The van der Waals surface area contributed by atoms with Gasteiger partial charge >= 0.3 is 6.09 Å². The summed E-state index contributed by atoms with van der Waals surface area (Å²) in [7, 11) is 3.42. The van der Waals surface area contributed by atoms with Crippen molar-refractivity contribution in [3.8, 4) is 0 Å². The van der Waals surface area contributed by atoms with E-state index in [1.165, 1.54) is 4.90 Å². The normalized spacial score (nSPS) is 20.6. The molecule has 0 spiro atoms. The van der Waals surface area contributed by atoms with Crippen LogP contribution in [0.2, 0.25) is 0 Å². The Labute approximate surface area is 200 Å². The van der Waals surface area contributed by atoms with Crippen LogP contribution >= 0.6 is 0 Å². The quantitative estimate of drug-likeness (QED) is 0.639. The number of aromatic nitrogens is 2. The van der Waals surface area contributed by atoms with Gasteiger partial charge in [0.25, 0.3) is 5.91 Å². The van der Waals surface area contributed by atoms with E-state index in [0.717, 1.165) is 24.5 Å². The van der Waals surface area contributed by atoms with Gasteiger partial charge in [-0.15, -0.1) is 0 Å². The highest BCUT2D eigenvalue weighted by atomic mass is 16.6. The van der Waals surface area contributed by atoms with Crippen LogP contribution in [-0.2, 0) is 9.47 Å². The summed E-state index contributed by atoms with van der Waals surface area (Å²) in [4.78, 5) is 40.8. The first-order chi connectivity index (χ1) is 16.0. The van der Waals surface area contributed by atoms with E-state index in [0.29, 0.717) is 29.7 Å². The second-order valence-corrected chi connectivity index (χ2v) is 9.99. The number of morpholine rings is 1. The molecule has 182 valence electrons. The minimum Gasteiger partial charge on any atom is -0.444 e. The van der Waals surface area contributed by atoms with E-state index in [2.05, 4.69) is 9.88 Å². The molecule has 0 N–H and O–H groups in total. The molecule has 9 nitrogen and oxygen atoms in total. The van der Waals surface area contributed by atoms with Crippen molar-refractivity contribution in [1.82, 2.24) is 19.8 Å². The summed E-state index contributed by atoms with van der Waals surface area (Å²) in [5, 5.41) is 0. The second kappa shape index (κ2) is 9.21. The van der Waals surface area contributed by atoms with Crippen LogP contribution in [0, 0.1) is 0 Å². The summed E-state index contributed by atoms with van der Waals surface area (Å²) in [5.74, 6) is 0.614. The average molecular weight is 468 g/mol. The molecule has 0 aliphatic carbocycles. The minimum atomic E-state index is -0.616. The molecule has 2 aliphatic heterocycles. The Hall–Kier alpha value is -3.20. The van der Waals surface area contributed by atoms with E-state index in [1.807, 2.05) is 45.9 Å². The highest BCUT2D eigenvalue weighted by Crippen LogP contribution is 2.34. The third-order valence-electron chi connectivity index (χ3n) is 5.79. The third-order valence-corrected chi connectivity index (χ3v) is 5.79. The van der Waals surface area contributed by atoms with E-state index < -0.39 is 17.7 Å². The molecule has 2 amide bonds. The maximum Gasteiger partial charge on any atom is 0.411 e. The Bertz CT molecular complexity index is 1120. The molecular weight excluding hydrogens is 434 g/mol. The molecule has 0 saturated carbocycles. The lowest BCUT2D eigenvalue weighted by Gasteiger charge is -2.32. The summed E-state index contributed by atoms with van der Waals surface area (Å²) in [5.41, 5.74) is 1.90. The molecule has 4 rings (SSSR count). The summed E-state index contributed by atoms with van der Waals surface area (Å²) in [6, 6.07) is 3.17. The monoisotopic (exact) mass is 467 g/mol. The molecule has 2 unspecified atom stereocenters. The van der Waals surface area contributed by atoms with Crippen LogP contribution in [0.4, 0.5) is 10.6 Å². The van der Waals surface area contributed by atoms with Crippen molar-refractivity contribution in [3.05, 3.63) is 41.6 Å². The van der Waals surface area contributed by atoms with Crippen molar-refractivity contribution in [3.63, 3.8) is 0 Å². The minimum absolute atomic E-state index is 0.103. The summed E-state index contributed by atoms with van der Waals surface area (Å²) >= 11 is 0. The molecule has 1 saturated heterocycles. The molecule has 1 fully saturated rings. The van der Waals surface area contributed by atoms with E-state index in [-0.39, 0.29) is 12.0 Å². The Morgan fingerprint density at radius 3 is 2.68 bits per heavy atom. The lowest BCUT2D eigenvalue weighted by Crippen LogP contribution is -2.41. The molecule has 0 bridgehead atoms. The largest absolute Gasteiger partial charge is 0.444 e.